The van der Waals surface area contributed by atoms with Crippen LogP contribution in [0.1, 0.15) is 0 Å². The van der Waals surface area contributed by atoms with E-state index >= 15 is 0 Å². The molecule has 0 aliphatic heterocycles. The average molecular weight is 272 g/mol. The molecule has 0 atom stereocenters. The van der Waals surface area contributed by atoms with E-state index in [-0.39, 0.29) is 26.2 Å². The normalized spacial score (nSPS) is 5.54. The second kappa shape index (κ2) is 78.4. The Kier molecular flexibility index (Phi) is 176. The predicted molar refractivity (Wildman–Crippen MR) is 59.9 cm³/mol. The minimum atomic E-state index is 0. The van der Waals surface area contributed by atoms with E-state index in [1.54, 1.807) is 0 Å². The van der Waals surface area contributed by atoms with Crippen molar-refractivity contribution in [3.63, 3.8) is 0 Å². The Labute approximate surface area is 104 Å². The van der Waals surface area contributed by atoms with Crippen molar-refractivity contribution in [2.24, 2.45) is 0 Å². The summed E-state index contributed by atoms with van der Waals surface area (Å²) in [5, 5.41) is 11.0. The van der Waals surface area contributed by atoms with Gasteiger partial charge in [-0.25, -0.2) is 0 Å². The summed E-state index contributed by atoms with van der Waals surface area (Å²) in [6.07, 6.45) is 0. The zero-order valence-electron chi connectivity index (χ0n) is 10.5. The van der Waals surface area contributed by atoms with Crippen molar-refractivity contribution in [1.29, 1.82) is 0 Å². The van der Waals surface area contributed by atoms with E-state index in [1.807, 2.05) is 56.4 Å². The van der Waals surface area contributed by atoms with E-state index in [2.05, 4.69) is 21.3 Å². The van der Waals surface area contributed by atoms with Crippen molar-refractivity contribution in [2.75, 3.05) is 56.4 Å². The molecule has 0 unspecified atom stereocenters. The van der Waals surface area contributed by atoms with Gasteiger partial charge in [0.15, 0.2) is 0 Å². The van der Waals surface area contributed by atoms with E-state index in [9.17, 15) is 0 Å². The maximum atomic E-state index is 2.75. The van der Waals surface area contributed by atoms with Crippen LogP contribution in [0.25, 0.3) is 0 Å². The smallest absolute Gasteiger partial charge is 0 e. The minimum Gasteiger partial charge on any atom is -0.323 e. The van der Waals surface area contributed by atoms with Gasteiger partial charge < -0.3 is 21.3 Å². The summed E-state index contributed by atoms with van der Waals surface area (Å²) < 4.78 is 0. The quantitative estimate of drug-likeness (QED) is 0.472. The van der Waals surface area contributed by atoms with Crippen LogP contribution >= 0.6 is 0 Å². The van der Waals surface area contributed by atoms with Gasteiger partial charge in [-0.15, -0.1) is 0 Å². The fraction of sp³-hybridized carbons (Fsp3) is 1.00. The summed E-state index contributed by atoms with van der Waals surface area (Å²) in [5.74, 6) is 0. The Morgan fingerprint density at radius 2 is 0.385 bits per heavy atom. The Morgan fingerprint density at radius 3 is 0.385 bits per heavy atom. The first-order valence-corrected chi connectivity index (χ1v) is 4.00. The maximum absolute atomic E-state index is 2.75. The van der Waals surface area contributed by atoms with E-state index in [4.69, 9.17) is 0 Å². The Balaban J connectivity index is -0.0000000213. The van der Waals surface area contributed by atoms with Crippen molar-refractivity contribution in [1.82, 2.24) is 21.3 Å². The van der Waals surface area contributed by atoms with Crippen LogP contribution in [0.5, 0.6) is 0 Å². The molecular formula is C8H28N4Zr. The first-order valence-electron chi connectivity index (χ1n) is 4.00. The molecule has 0 aromatic heterocycles. The number of nitrogens with one attached hydrogen (secondary N) is 4. The summed E-state index contributed by atoms with van der Waals surface area (Å²) >= 11 is 0. The third kappa shape index (κ3) is 2800. The Morgan fingerprint density at radius 1 is 0.385 bits per heavy atom. The number of hydrogen-bond donors (Lipinski definition) is 4. The van der Waals surface area contributed by atoms with Gasteiger partial charge in [-0.3, -0.25) is 0 Å². The third-order valence-electron chi connectivity index (χ3n) is 0. The summed E-state index contributed by atoms with van der Waals surface area (Å²) in [6.45, 7) is 0. The zero-order valence-corrected chi connectivity index (χ0v) is 13.0. The second-order valence-electron chi connectivity index (χ2n) is 2.00. The molecule has 0 radical (unpaired) electrons. The molecule has 0 heterocycles. The van der Waals surface area contributed by atoms with Crippen LogP contribution in [-0.4, -0.2) is 56.4 Å². The SMILES string of the molecule is CNC.CNC.CNC.CNC.[Zr]. The first-order chi connectivity index (χ1) is 5.66. The molecule has 0 fully saturated rings. The van der Waals surface area contributed by atoms with Gasteiger partial charge in [0.25, 0.3) is 0 Å². The molecule has 0 aromatic carbocycles. The average Bonchev–Trinajstić information content (AvgIpc) is 1.92. The van der Waals surface area contributed by atoms with Crippen LogP contribution in [0.15, 0.2) is 0 Å². The largest absolute Gasteiger partial charge is 0.323 e. The van der Waals surface area contributed by atoms with Crippen LogP contribution in [0.2, 0.25) is 0 Å². The molecule has 0 spiro atoms. The third-order valence-corrected chi connectivity index (χ3v) is 0. The van der Waals surface area contributed by atoms with Crippen molar-refractivity contribution >= 4 is 0 Å². The van der Waals surface area contributed by atoms with Crippen LogP contribution in [0.4, 0.5) is 0 Å². The van der Waals surface area contributed by atoms with Crippen molar-refractivity contribution in [3.05, 3.63) is 0 Å². The van der Waals surface area contributed by atoms with Gasteiger partial charge >= 0.3 is 0 Å². The molecule has 4 nitrogen and oxygen atoms in total. The first kappa shape index (κ1) is 29.2. The number of hydrogen-bond acceptors (Lipinski definition) is 4. The summed E-state index contributed by atoms with van der Waals surface area (Å²) in [7, 11) is 15.0. The predicted octanol–water partition coefficient (Wildman–Crippen LogP) is -0.660. The van der Waals surface area contributed by atoms with Gasteiger partial charge in [-0.1, -0.05) is 0 Å². The van der Waals surface area contributed by atoms with Gasteiger partial charge in [0, 0.05) is 26.2 Å². The molecule has 13 heavy (non-hydrogen) atoms. The van der Waals surface area contributed by atoms with Crippen LogP contribution < -0.4 is 21.3 Å². The molecule has 5 heteroatoms. The molecule has 0 aromatic rings. The molecule has 4 N–H and O–H groups in total. The second-order valence-corrected chi connectivity index (χ2v) is 2.00. The molecule has 84 valence electrons. The summed E-state index contributed by atoms with van der Waals surface area (Å²) in [6, 6.07) is 0. The van der Waals surface area contributed by atoms with E-state index in [0.29, 0.717) is 0 Å². The molecule has 0 amide bonds. The topological polar surface area (TPSA) is 48.1 Å². The van der Waals surface area contributed by atoms with Gasteiger partial charge in [-0.05, 0) is 56.4 Å². The standard InChI is InChI=1S/4C2H7N.Zr/c4*1-3-2;/h4*3H,1-2H3;. The van der Waals surface area contributed by atoms with Crippen molar-refractivity contribution in [2.45, 2.75) is 0 Å². The van der Waals surface area contributed by atoms with Gasteiger partial charge in [0.2, 0.25) is 0 Å². The number of rotatable bonds is 0. The summed E-state index contributed by atoms with van der Waals surface area (Å²) in [4.78, 5) is 0. The van der Waals surface area contributed by atoms with Gasteiger partial charge in [0.05, 0.1) is 0 Å². The van der Waals surface area contributed by atoms with Crippen LogP contribution in [-0.2, 0) is 26.2 Å². The Hall–Kier alpha value is 0.723. The van der Waals surface area contributed by atoms with Crippen LogP contribution in [0.3, 0.4) is 0 Å². The molecule has 0 saturated carbocycles. The maximum Gasteiger partial charge on any atom is 0 e. The fourth-order valence-corrected chi connectivity index (χ4v) is 0. The molecule has 0 aliphatic carbocycles. The fourth-order valence-electron chi connectivity index (χ4n) is 0. The van der Waals surface area contributed by atoms with E-state index in [1.165, 1.54) is 0 Å². The minimum absolute atomic E-state index is 0. The molecule has 0 bridgehead atoms. The van der Waals surface area contributed by atoms with E-state index in [0.717, 1.165) is 0 Å². The zero-order chi connectivity index (χ0) is 10.8. The Bertz CT molecular complexity index is 24.1. The summed E-state index contributed by atoms with van der Waals surface area (Å²) in [5.41, 5.74) is 0. The molecule has 0 rings (SSSR count). The van der Waals surface area contributed by atoms with E-state index < -0.39 is 0 Å². The van der Waals surface area contributed by atoms with Crippen molar-refractivity contribution in [3.8, 4) is 0 Å². The molecule has 0 aliphatic rings. The van der Waals surface area contributed by atoms with Gasteiger partial charge in [0.1, 0.15) is 0 Å². The van der Waals surface area contributed by atoms with Crippen LogP contribution in [0, 0.1) is 0 Å². The molecular weight excluding hydrogens is 243 g/mol. The molecule has 0 saturated heterocycles. The monoisotopic (exact) mass is 270 g/mol. The van der Waals surface area contributed by atoms with Crippen molar-refractivity contribution < 1.29 is 26.2 Å². The van der Waals surface area contributed by atoms with Gasteiger partial charge in [-0.2, -0.15) is 0 Å².